The fourth-order valence-electron chi connectivity index (χ4n) is 3.58. The lowest BCUT2D eigenvalue weighted by atomic mass is 9.92. The molecule has 0 amide bonds. The highest BCUT2D eigenvalue weighted by Crippen LogP contribution is 2.26. The van der Waals surface area contributed by atoms with E-state index in [9.17, 15) is 0 Å². The summed E-state index contributed by atoms with van der Waals surface area (Å²) in [5.41, 5.74) is 12.1. The van der Waals surface area contributed by atoms with Gasteiger partial charge in [-0.3, -0.25) is 0 Å². The monoisotopic (exact) mass is 444 g/mol. The highest BCUT2D eigenvalue weighted by molar-refractivity contribution is 6.35. The third-order valence-electron chi connectivity index (χ3n) is 5.14. The van der Waals surface area contributed by atoms with Crippen molar-refractivity contribution >= 4 is 36.1 Å². The van der Waals surface area contributed by atoms with E-state index >= 15 is 0 Å². The van der Waals surface area contributed by atoms with E-state index in [-0.39, 0.29) is 18.3 Å². The second-order valence-electron chi connectivity index (χ2n) is 7.39. The molecule has 0 unspecified atom stereocenters. The Hall–Kier alpha value is -2.34. The number of aryl methyl sites for hydroxylation is 1. The molecule has 0 spiro atoms. The van der Waals surface area contributed by atoms with Crippen LogP contribution in [-0.4, -0.2) is 31.4 Å². The van der Waals surface area contributed by atoms with Crippen LogP contribution >= 0.6 is 23.2 Å². The second-order valence-corrected chi connectivity index (χ2v) is 8.21. The van der Waals surface area contributed by atoms with Crippen molar-refractivity contribution in [1.82, 2.24) is 4.90 Å². The number of benzene rings is 2. The van der Waals surface area contributed by atoms with Gasteiger partial charge < -0.3 is 15.4 Å². The molecule has 2 aromatic carbocycles. The Labute approximate surface area is 187 Å². The van der Waals surface area contributed by atoms with Crippen LogP contribution in [0.2, 0.25) is 10.0 Å². The van der Waals surface area contributed by atoms with E-state index in [2.05, 4.69) is 47.7 Å². The summed E-state index contributed by atoms with van der Waals surface area (Å²) in [6.45, 7) is 7.90. The zero-order valence-corrected chi connectivity index (χ0v) is 18.8. The van der Waals surface area contributed by atoms with Crippen LogP contribution in [-0.2, 0) is 30.7 Å². The average molecular weight is 445 g/mol. The summed E-state index contributed by atoms with van der Waals surface area (Å²) in [4.78, 5) is 10.5. The molecule has 5 nitrogen and oxygen atoms in total. The first-order valence-electron chi connectivity index (χ1n) is 9.73. The van der Waals surface area contributed by atoms with Crippen LogP contribution in [0.3, 0.4) is 0 Å². The summed E-state index contributed by atoms with van der Waals surface area (Å²) in [6.07, 6.45) is 3.53. The molecule has 0 fully saturated rings. The van der Waals surface area contributed by atoms with Gasteiger partial charge in [-0.15, -0.1) is 0 Å². The van der Waals surface area contributed by atoms with Gasteiger partial charge in [0, 0.05) is 41.3 Å². The van der Waals surface area contributed by atoms with Crippen LogP contribution in [0.25, 0.3) is 0 Å². The summed E-state index contributed by atoms with van der Waals surface area (Å²) in [6, 6.07) is 9.74. The number of rotatable bonds is 7. The van der Waals surface area contributed by atoms with E-state index in [0.29, 0.717) is 22.0 Å². The van der Waals surface area contributed by atoms with E-state index in [1.54, 1.807) is 24.4 Å². The van der Waals surface area contributed by atoms with Crippen molar-refractivity contribution in [3.8, 4) is 0 Å². The van der Waals surface area contributed by atoms with Gasteiger partial charge in [-0.1, -0.05) is 41.4 Å². The smallest absolute Gasteiger partial charge is 0.256 e. The van der Waals surface area contributed by atoms with Gasteiger partial charge in [0.25, 0.3) is 5.88 Å². The molecule has 0 atom stereocenters. The molecule has 2 aromatic rings. The van der Waals surface area contributed by atoms with Crippen LogP contribution < -0.4 is 5.73 Å². The van der Waals surface area contributed by atoms with E-state index in [1.807, 2.05) is 0 Å². The van der Waals surface area contributed by atoms with Crippen molar-refractivity contribution in [1.29, 1.82) is 0 Å². The van der Waals surface area contributed by atoms with Crippen LogP contribution in [0, 0.1) is 6.92 Å². The SMILES string of the molecule is C=N/C(OCc1c(Cl)cccc1Cl)=C(N)\N=C/Cc1cc(C)c2c(c1)CN(C)CC2. The van der Waals surface area contributed by atoms with Crippen molar-refractivity contribution in [2.45, 2.75) is 32.9 Å². The normalized spacial score (nSPS) is 15.1. The van der Waals surface area contributed by atoms with Crippen molar-refractivity contribution in [2.24, 2.45) is 15.7 Å². The fraction of sp³-hybridized carbons (Fsp3) is 0.304. The third-order valence-corrected chi connectivity index (χ3v) is 5.85. The number of hydrogen-bond donors (Lipinski definition) is 1. The van der Waals surface area contributed by atoms with E-state index in [0.717, 1.165) is 19.5 Å². The Balaban J connectivity index is 1.68. The fourth-order valence-corrected chi connectivity index (χ4v) is 4.08. The summed E-state index contributed by atoms with van der Waals surface area (Å²) in [5, 5.41) is 1.03. The van der Waals surface area contributed by atoms with Crippen LogP contribution in [0.1, 0.15) is 27.8 Å². The maximum absolute atomic E-state index is 6.17. The number of hydrogen-bond acceptors (Lipinski definition) is 5. The van der Waals surface area contributed by atoms with Gasteiger partial charge in [-0.2, -0.15) is 0 Å². The summed E-state index contributed by atoms with van der Waals surface area (Å²) >= 11 is 12.3. The third kappa shape index (κ3) is 5.42. The molecule has 2 N–H and O–H groups in total. The molecule has 0 bridgehead atoms. The Kier molecular flexibility index (Phi) is 7.53. The number of ether oxygens (including phenoxy) is 1. The molecule has 0 saturated heterocycles. The molecule has 3 rings (SSSR count). The first-order valence-corrected chi connectivity index (χ1v) is 10.5. The Morgan fingerprint density at radius 3 is 2.73 bits per heavy atom. The average Bonchev–Trinajstić information content (AvgIpc) is 2.70. The summed E-state index contributed by atoms with van der Waals surface area (Å²) in [5.74, 6) is 0.299. The van der Waals surface area contributed by atoms with Gasteiger partial charge in [0.15, 0.2) is 5.82 Å². The number of aliphatic imine (C=N–C) groups is 2. The van der Waals surface area contributed by atoms with E-state index in [4.69, 9.17) is 33.7 Å². The first kappa shape index (κ1) is 22.3. The van der Waals surface area contributed by atoms with Crippen LogP contribution in [0.15, 0.2) is 52.0 Å². The van der Waals surface area contributed by atoms with Gasteiger partial charge in [0.1, 0.15) is 6.61 Å². The van der Waals surface area contributed by atoms with Gasteiger partial charge in [0.2, 0.25) is 0 Å². The quantitative estimate of drug-likeness (QED) is 0.487. The highest BCUT2D eigenvalue weighted by Gasteiger charge is 2.15. The number of fused-ring (bicyclic) bond motifs is 1. The molecule has 158 valence electrons. The van der Waals surface area contributed by atoms with Crippen LogP contribution in [0.4, 0.5) is 0 Å². The Morgan fingerprint density at radius 2 is 2.03 bits per heavy atom. The topological polar surface area (TPSA) is 63.2 Å². The van der Waals surface area contributed by atoms with Gasteiger partial charge in [-0.25, -0.2) is 9.98 Å². The van der Waals surface area contributed by atoms with Crippen molar-refractivity contribution in [2.75, 3.05) is 13.6 Å². The minimum Gasteiger partial charge on any atom is -0.470 e. The van der Waals surface area contributed by atoms with Gasteiger partial charge in [0.05, 0.1) is 0 Å². The zero-order chi connectivity index (χ0) is 21.7. The molecule has 7 heteroatoms. The van der Waals surface area contributed by atoms with E-state index < -0.39 is 0 Å². The maximum Gasteiger partial charge on any atom is 0.256 e. The van der Waals surface area contributed by atoms with Crippen molar-refractivity contribution < 1.29 is 4.74 Å². The van der Waals surface area contributed by atoms with Gasteiger partial charge >= 0.3 is 0 Å². The van der Waals surface area contributed by atoms with Crippen LogP contribution in [0.5, 0.6) is 0 Å². The number of likely N-dealkylation sites (N-methyl/N-ethyl adjacent to an activating group) is 1. The molecule has 0 aliphatic carbocycles. The van der Waals surface area contributed by atoms with Crippen molar-refractivity contribution in [3.63, 3.8) is 0 Å². The number of nitrogens with zero attached hydrogens (tertiary/aromatic N) is 3. The minimum absolute atomic E-state index is 0.126. The summed E-state index contributed by atoms with van der Waals surface area (Å²) < 4.78 is 5.65. The Bertz CT molecular complexity index is 981. The second kappa shape index (κ2) is 10.1. The zero-order valence-electron chi connectivity index (χ0n) is 17.3. The molecule has 1 aliphatic heterocycles. The minimum atomic E-state index is 0.126. The molecule has 1 aliphatic rings. The number of nitrogens with two attached hydrogens (primary N) is 1. The number of halogens is 2. The molecule has 0 aromatic heterocycles. The molecule has 30 heavy (non-hydrogen) atoms. The van der Waals surface area contributed by atoms with Crippen molar-refractivity contribution in [3.05, 3.63) is 79.9 Å². The lowest BCUT2D eigenvalue weighted by molar-refractivity contribution is 0.193. The Morgan fingerprint density at radius 1 is 1.30 bits per heavy atom. The molecular formula is C23H26Cl2N4O. The van der Waals surface area contributed by atoms with E-state index in [1.165, 1.54) is 22.3 Å². The first-order chi connectivity index (χ1) is 14.4. The lowest BCUT2D eigenvalue weighted by Gasteiger charge is -2.26. The van der Waals surface area contributed by atoms with Gasteiger partial charge in [-0.05, 0) is 61.5 Å². The standard InChI is InChI=1S/C23H26Cl2N4O/c1-15-11-16(12-17-13-29(3)10-8-18(15)17)7-9-28-22(26)23(27-2)30-14-19-20(24)5-4-6-21(19)25/h4-6,9,11-12H,2,7-8,10,13-14,26H2,1,3H3/b23-22+,28-9-. The summed E-state index contributed by atoms with van der Waals surface area (Å²) in [7, 11) is 2.15. The predicted molar refractivity (Wildman–Crippen MR) is 125 cm³/mol. The molecular weight excluding hydrogens is 419 g/mol. The molecule has 0 radical (unpaired) electrons. The highest BCUT2D eigenvalue weighted by atomic mass is 35.5. The lowest BCUT2D eigenvalue weighted by Crippen LogP contribution is -2.27. The largest absolute Gasteiger partial charge is 0.470 e. The maximum atomic E-state index is 6.17. The molecule has 0 saturated carbocycles. The molecule has 1 heterocycles. The predicted octanol–water partition coefficient (Wildman–Crippen LogP) is 4.91.